The highest BCUT2D eigenvalue weighted by Crippen LogP contribution is 2.20. The van der Waals surface area contributed by atoms with Crippen LogP contribution in [0.3, 0.4) is 0 Å². The van der Waals surface area contributed by atoms with E-state index in [1.54, 1.807) is 19.1 Å². The van der Waals surface area contributed by atoms with Crippen LogP contribution in [0.4, 0.5) is 5.69 Å². The average Bonchev–Trinajstić information content (AvgIpc) is 2.78. The zero-order valence-corrected chi connectivity index (χ0v) is 21.0. The number of hydrogen-bond acceptors (Lipinski definition) is 4. The van der Waals surface area contributed by atoms with Gasteiger partial charge in [0.25, 0.3) is 0 Å². The van der Waals surface area contributed by atoms with Gasteiger partial charge in [-0.05, 0) is 49.9 Å². The number of nitrogens with zero attached hydrogens (tertiary/aromatic N) is 2. The fraction of sp³-hybridized carbons (Fsp3) is 0.440. The Hall–Kier alpha value is -2.87. The van der Waals surface area contributed by atoms with Crippen molar-refractivity contribution in [3.8, 4) is 0 Å². The fourth-order valence-electron chi connectivity index (χ4n) is 3.50. The summed E-state index contributed by atoms with van der Waals surface area (Å²) in [4.78, 5) is 27.6. The van der Waals surface area contributed by atoms with Crippen molar-refractivity contribution in [3.63, 3.8) is 0 Å². The number of aryl methyl sites for hydroxylation is 2. The average molecular weight is 474 g/mol. The minimum absolute atomic E-state index is 0.202. The summed E-state index contributed by atoms with van der Waals surface area (Å²) in [6.45, 7) is 7.91. The molecule has 0 aromatic heterocycles. The first-order chi connectivity index (χ1) is 15.6. The van der Waals surface area contributed by atoms with Gasteiger partial charge in [0.05, 0.1) is 11.9 Å². The Labute approximate surface area is 197 Å². The maximum atomic E-state index is 13.4. The first kappa shape index (κ1) is 26.4. The monoisotopic (exact) mass is 473 g/mol. The van der Waals surface area contributed by atoms with Gasteiger partial charge in [0.15, 0.2) is 0 Å². The quantitative estimate of drug-likeness (QED) is 0.543. The number of rotatable bonds is 11. The number of hydrogen-bond donors (Lipinski definition) is 1. The Morgan fingerprint density at radius 1 is 1.03 bits per heavy atom. The molecule has 0 bridgehead atoms. The first-order valence-corrected chi connectivity index (χ1v) is 13.1. The predicted octanol–water partition coefficient (Wildman–Crippen LogP) is 3.27. The van der Waals surface area contributed by atoms with Gasteiger partial charge in [-0.3, -0.25) is 13.9 Å². The van der Waals surface area contributed by atoms with Crippen LogP contribution in [0.2, 0.25) is 0 Å². The number of benzene rings is 2. The van der Waals surface area contributed by atoms with E-state index in [-0.39, 0.29) is 19.0 Å². The molecule has 180 valence electrons. The Balaban J connectivity index is 2.36. The van der Waals surface area contributed by atoms with Gasteiger partial charge in [-0.15, -0.1) is 0 Å². The van der Waals surface area contributed by atoms with E-state index < -0.39 is 22.0 Å². The lowest BCUT2D eigenvalue weighted by molar-refractivity contribution is -0.139. The first-order valence-electron chi connectivity index (χ1n) is 11.3. The SMILES string of the molecule is CCCNC(=O)[C@@H](C)N(Cc1cccc(C)c1)C(=O)CN(c1ccc(CC)cc1)S(C)(=O)=O. The molecule has 33 heavy (non-hydrogen) atoms. The highest BCUT2D eigenvalue weighted by atomic mass is 32.2. The van der Waals surface area contributed by atoms with Crippen molar-refractivity contribution in [2.24, 2.45) is 0 Å². The highest BCUT2D eigenvalue weighted by molar-refractivity contribution is 7.92. The molecule has 0 saturated carbocycles. The summed E-state index contributed by atoms with van der Waals surface area (Å²) in [5, 5.41) is 2.83. The van der Waals surface area contributed by atoms with Gasteiger partial charge in [0, 0.05) is 13.1 Å². The molecule has 1 N–H and O–H groups in total. The largest absolute Gasteiger partial charge is 0.354 e. The maximum absolute atomic E-state index is 13.4. The summed E-state index contributed by atoms with van der Waals surface area (Å²) < 4.78 is 26.2. The van der Waals surface area contributed by atoms with E-state index in [0.29, 0.717) is 12.2 Å². The second-order valence-electron chi connectivity index (χ2n) is 8.27. The minimum atomic E-state index is -3.72. The van der Waals surface area contributed by atoms with Crippen molar-refractivity contribution in [3.05, 3.63) is 65.2 Å². The number of anilines is 1. The lowest BCUT2D eigenvalue weighted by Crippen LogP contribution is -2.51. The molecule has 0 aliphatic heterocycles. The minimum Gasteiger partial charge on any atom is -0.354 e. The van der Waals surface area contributed by atoms with E-state index in [1.165, 1.54) is 4.90 Å². The van der Waals surface area contributed by atoms with Gasteiger partial charge in [-0.1, -0.05) is 55.8 Å². The molecule has 2 rings (SSSR count). The van der Waals surface area contributed by atoms with Crippen molar-refractivity contribution in [1.29, 1.82) is 0 Å². The van der Waals surface area contributed by atoms with Crippen LogP contribution in [-0.2, 0) is 32.6 Å². The van der Waals surface area contributed by atoms with Crippen LogP contribution in [0.5, 0.6) is 0 Å². The molecule has 0 aliphatic rings. The van der Waals surface area contributed by atoms with E-state index >= 15 is 0 Å². The van der Waals surface area contributed by atoms with Crippen LogP contribution in [0.1, 0.15) is 43.9 Å². The molecule has 2 aromatic rings. The third kappa shape index (κ3) is 7.60. The molecular weight excluding hydrogens is 438 g/mol. The molecule has 2 amide bonds. The van der Waals surface area contributed by atoms with Crippen molar-refractivity contribution < 1.29 is 18.0 Å². The van der Waals surface area contributed by atoms with Crippen LogP contribution in [0, 0.1) is 6.92 Å². The number of carbonyl (C=O) groups excluding carboxylic acids is 2. The molecule has 7 nitrogen and oxygen atoms in total. The summed E-state index contributed by atoms with van der Waals surface area (Å²) in [7, 11) is -3.72. The third-order valence-electron chi connectivity index (χ3n) is 5.46. The van der Waals surface area contributed by atoms with Crippen LogP contribution >= 0.6 is 0 Å². The zero-order chi connectivity index (χ0) is 24.6. The van der Waals surface area contributed by atoms with Crippen LogP contribution in [0.15, 0.2) is 48.5 Å². The van der Waals surface area contributed by atoms with Crippen LogP contribution in [-0.4, -0.2) is 50.5 Å². The normalized spacial score (nSPS) is 12.2. The predicted molar refractivity (Wildman–Crippen MR) is 133 cm³/mol. The second-order valence-corrected chi connectivity index (χ2v) is 10.2. The number of sulfonamides is 1. The summed E-state index contributed by atoms with van der Waals surface area (Å²) in [5.74, 6) is -0.711. The highest BCUT2D eigenvalue weighted by Gasteiger charge is 2.30. The molecule has 1 atom stereocenters. The molecule has 8 heteroatoms. The molecule has 0 heterocycles. The summed E-state index contributed by atoms with van der Waals surface area (Å²) in [6, 6.07) is 14.0. The van der Waals surface area contributed by atoms with Gasteiger partial charge in [-0.2, -0.15) is 0 Å². The second kappa shape index (κ2) is 11.8. The van der Waals surface area contributed by atoms with Crippen molar-refractivity contribution >= 4 is 27.5 Å². The summed E-state index contributed by atoms with van der Waals surface area (Å²) in [6.07, 6.45) is 2.68. The Kier molecular flexibility index (Phi) is 9.46. The molecule has 0 radical (unpaired) electrons. The molecule has 0 spiro atoms. The van der Waals surface area contributed by atoms with Crippen molar-refractivity contribution in [1.82, 2.24) is 10.2 Å². The maximum Gasteiger partial charge on any atom is 0.244 e. The Morgan fingerprint density at radius 3 is 2.24 bits per heavy atom. The van der Waals surface area contributed by atoms with Gasteiger partial charge >= 0.3 is 0 Å². The van der Waals surface area contributed by atoms with Gasteiger partial charge in [0.2, 0.25) is 21.8 Å². The van der Waals surface area contributed by atoms with E-state index in [9.17, 15) is 18.0 Å². The molecule has 0 fully saturated rings. The lowest BCUT2D eigenvalue weighted by Gasteiger charge is -2.31. The topological polar surface area (TPSA) is 86.8 Å². The molecule has 2 aromatic carbocycles. The molecule has 0 unspecified atom stereocenters. The van der Waals surface area contributed by atoms with Crippen LogP contribution < -0.4 is 9.62 Å². The van der Waals surface area contributed by atoms with Crippen molar-refractivity contribution in [2.45, 2.75) is 53.1 Å². The van der Waals surface area contributed by atoms with E-state index in [1.807, 2.05) is 57.2 Å². The fourth-order valence-corrected chi connectivity index (χ4v) is 4.35. The summed E-state index contributed by atoms with van der Waals surface area (Å²) in [5.41, 5.74) is 3.40. The van der Waals surface area contributed by atoms with E-state index in [0.717, 1.165) is 40.1 Å². The molecule has 0 aliphatic carbocycles. The Morgan fingerprint density at radius 2 is 1.70 bits per heavy atom. The standard InChI is InChI=1S/C25H35N3O4S/c1-6-15-26-25(30)20(4)27(17-22-10-8-9-19(3)16-22)24(29)18-28(33(5,31)32)23-13-11-21(7-2)12-14-23/h8-14,16,20H,6-7,15,17-18H2,1-5H3,(H,26,30)/t20-/m1/s1. The zero-order valence-electron chi connectivity index (χ0n) is 20.2. The Bertz CT molecular complexity index is 1050. The van der Waals surface area contributed by atoms with E-state index in [2.05, 4.69) is 5.32 Å². The van der Waals surface area contributed by atoms with Crippen LogP contribution in [0.25, 0.3) is 0 Å². The summed E-state index contributed by atoms with van der Waals surface area (Å²) >= 11 is 0. The number of nitrogens with one attached hydrogen (secondary N) is 1. The van der Waals surface area contributed by atoms with E-state index in [4.69, 9.17) is 0 Å². The van der Waals surface area contributed by atoms with Gasteiger partial charge in [-0.25, -0.2) is 8.42 Å². The number of carbonyl (C=O) groups is 2. The lowest BCUT2D eigenvalue weighted by atomic mass is 10.1. The number of amides is 2. The third-order valence-corrected chi connectivity index (χ3v) is 6.60. The smallest absolute Gasteiger partial charge is 0.244 e. The molecular formula is C25H35N3O4S. The molecule has 0 saturated heterocycles. The van der Waals surface area contributed by atoms with Crippen molar-refractivity contribution in [2.75, 3.05) is 23.7 Å². The van der Waals surface area contributed by atoms with Gasteiger partial charge < -0.3 is 10.2 Å². The van der Waals surface area contributed by atoms with Gasteiger partial charge in [0.1, 0.15) is 12.6 Å².